The summed E-state index contributed by atoms with van der Waals surface area (Å²) in [5.41, 5.74) is 1.78. The van der Waals surface area contributed by atoms with Crippen molar-refractivity contribution in [1.82, 2.24) is 14.9 Å². The minimum atomic E-state index is 0.00973. The van der Waals surface area contributed by atoms with Crippen LogP contribution in [0.3, 0.4) is 0 Å². The van der Waals surface area contributed by atoms with E-state index in [2.05, 4.69) is 14.9 Å². The van der Waals surface area contributed by atoms with Crippen LogP contribution in [0.25, 0.3) is 0 Å². The Labute approximate surface area is 156 Å². The molecule has 4 rings (SSSR count). The molecule has 1 atom stereocenters. The van der Waals surface area contributed by atoms with Gasteiger partial charge in [0, 0.05) is 42.5 Å². The molecule has 2 aliphatic heterocycles. The van der Waals surface area contributed by atoms with Crippen LogP contribution >= 0.6 is 11.8 Å². The number of carbonyl (C=O) groups is 1. The van der Waals surface area contributed by atoms with E-state index in [0.29, 0.717) is 17.1 Å². The van der Waals surface area contributed by atoms with Gasteiger partial charge in [0.05, 0.1) is 0 Å². The number of ether oxygens (including phenoxy) is 2. The second kappa shape index (κ2) is 7.63. The third-order valence-corrected chi connectivity index (χ3v) is 5.38. The highest BCUT2D eigenvalue weighted by Crippen LogP contribution is 2.34. The molecule has 1 unspecified atom stereocenters. The van der Waals surface area contributed by atoms with Crippen molar-refractivity contribution < 1.29 is 14.3 Å². The van der Waals surface area contributed by atoms with Gasteiger partial charge in [0.2, 0.25) is 6.79 Å². The van der Waals surface area contributed by atoms with E-state index in [-0.39, 0.29) is 18.5 Å². The average molecular weight is 371 g/mol. The average Bonchev–Trinajstić information content (AvgIpc) is 3.16. The van der Waals surface area contributed by atoms with Gasteiger partial charge < -0.3 is 9.47 Å². The number of hydrogen-bond donors (Lipinski definition) is 0. The first-order valence-electron chi connectivity index (χ1n) is 8.74. The number of fused-ring (bicyclic) bond motifs is 1. The SMILES string of the molecule is CSc1ncc(CN2CCCC(C(=O)c3ccc4c(c3)OCO4)C2)cn1. The number of likely N-dealkylation sites (tertiary alicyclic amines) is 1. The van der Waals surface area contributed by atoms with E-state index in [9.17, 15) is 4.79 Å². The lowest BCUT2D eigenvalue weighted by atomic mass is 9.89. The van der Waals surface area contributed by atoms with E-state index in [0.717, 1.165) is 43.2 Å². The highest BCUT2D eigenvalue weighted by atomic mass is 32.2. The predicted molar refractivity (Wildman–Crippen MR) is 98.7 cm³/mol. The van der Waals surface area contributed by atoms with Crippen LogP contribution in [0.5, 0.6) is 11.5 Å². The van der Waals surface area contributed by atoms with Crippen molar-refractivity contribution in [2.75, 3.05) is 26.1 Å². The Balaban J connectivity index is 1.41. The first kappa shape index (κ1) is 17.3. The minimum absolute atomic E-state index is 0.00973. The fourth-order valence-electron chi connectivity index (χ4n) is 3.49. The molecule has 0 radical (unpaired) electrons. The lowest BCUT2D eigenvalue weighted by Gasteiger charge is -2.31. The van der Waals surface area contributed by atoms with Crippen molar-refractivity contribution in [3.63, 3.8) is 0 Å². The summed E-state index contributed by atoms with van der Waals surface area (Å²) < 4.78 is 10.7. The second-order valence-electron chi connectivity index (χ2n) is 6.58. The van der Waals surface area contributed by atoms with Gasteiger partial charge in [-0.3, -0.25) is 9.69 Å². The number of carbonyl (C=O) groups excluding carboxylic acids is 1. The normalized spacial score (nSPS) is 19.5. The maximum absolute atomic E-state index is 12.9. The quantitative estimate of drug-likeness (QED) is 0.455. The van der Waals surface area contributed by atoms with Gasteiger partial charge >= 0.3 is 0 Å². The van der Waals surface area contributed by atoms with Gasteiger partial charge in [-0.1, -0.05) is 11.8 Å². The molecule has 1 fully saturated rings. The van der Waals surface area contributed by atoms with Crippen molar-refractivity contribution in [2.24, 2.45) is 5.92 Å². The van der Waals surface area contributed by atoms with Gasteiger partial charge in [0.15, 0.2) is 22.4 Å². The van der Waals surface area contributed by atoms with Crippen LogP contribution < -0.4 is 9.47 Å². The molecule has 0 bridgehead atoms. The predicted octanol–water partition coefficient (Wildman–Crippen LogP) is 3.02. The van der Waals surface area contributed by atoms with E-state index in [1.54, 1.807) is 6.07 Å². The summed E-state index contributed by atoms with van der Waals surface area (Å²) in [7, 11) is 0. The smallest absolute Gasteiger partial charge is 0.231 e. The molecular formula is C19H21N3O3S. The third-order valence-electron chi connectivity index (χ3n) is 4.80. The number of thioether (sulfide) groups is 1. The van der Waals surface area contributed by atoms with Gasteiger partial charge in [-0.15, -0.1) is 0 Å². The van der Waals surface area contributed by atoms with Gasteiger partial charge in [-0.25, -0.2) is 9.97 Å². The summed E-state index contributed by atoms with van der Waals surface area (Å²) in [6.45, 7) is 2.76. The van der Waals surface area contributed by atoms with Crippen LogP contribution in [0, 0.1) is 5.92 Å². The van der Waals surface area contributed by atoms with E-state index in [1.807, 2.05) is 30.8 Å². The van der Waals surface area contributed by atoms with Crippen LogP contribution in [-0.4, -0.2) is 46.8 Å². The van der Waals surface area contributed by atoms with Crippen molar-refractivity contribution >= 4 is 17.5 Å². The molecule has 6 nitrogen and oxygen atoms in total. The fraction of sp³-hybridized carbons (Fsp3) is 0.421. The van der Waals surface area contributed by atoms with E-state index in [1.165, 1.54) is 11.8 Å². The van der Waals surface area contributed by atoms with E-state index in [4.69, 9.17) is 9.47 Å². The highest BCUT2D eigenvalue weighted by molar-refractivity contribution is 7.98. The molecule has 0 amide bonds. The van der Waals surface area contributed by atoms with Crippen molar-refractivity contribution in [1.29, 1.82) is 0 Å². The molecule has 2 aromatic rings. The van der Waals surface area contributed by atoms with Crippen LogP contribution in [0.4, 0.5) is 0 Å². The molecule has 0 saturated carbocycles. The van der Waals surface area contributed by atoms with Crippen LogP contribution in [0.15, 0.2) is 35.7 Å². The van der Waals surface area contributed by atoms with Crippen LogP contribution in [0.1, 0.15) is 28.8 Å². The molecule has 1 aromatic carbocycles. The Hall–Kier alpha value is -2.12. The highest BCUT2D eigenvalue weighted by Gasteiger charge is 2.28. The first-order valence-corrected chi connectivity index (χ1v) is 9.96. The van der Waals surface area contributed by atoms with Crippen molar-refractivity contribution in [2.45, 2.75) is 24.5 Å². The molecule has 0 spiro atoms. The summed E-state index contributed by atoms with van der Waals surface area (Å²) in [6, 6.07) is 5.46. The van der Waals surface area contributed by atoms with Gasteiger partial charge in [0.25, 0.3) is 0 Å². The van der Waals surface area contributed by atoms with Crippen molar-refractivity contribution in [3.8, 4) is 11.5 Å². The Morgan fingerprint density at radius 2 is 2.08 bits per heavy atom. The topological polar surface area (TPSA) is 64.6 Å². The molecule has 7 heteroatoms. The minimum Gasteiger partial charge on any atom is -0.454 e. The maximum Gasteiger partial charge on any atom is 0.231 e. The number of piperidine rings is 1. The van der Waals surface area contributed by atoms with Crippen molar-refractivity contribution in [3.05, 3.63) is 41.7 Å². The van der Waals surface area contributed by atoms with E-state index >= 15 is 0 Å². The Morgan fingerprint density at radius 3 is 2.88 bits per heavy atom. The van der Waals surface area contributed by atoms with Gasteiger partial charge in [-0.2, -0.15) is 0 Å². The molecule has 0 aliphatic carbocycles. The molecule has 26 heavy (non-hydrogen) atoms. The molecule has 2 aliphatic rings. The zero-order valence-corrected chi connectivity index (χ0v) is 15.5. The number of hydrogen-bond acceptors (Lipinski definition) is 7. The molecule has 1 aromatic heterocycles. The third kappa shape index (κ3) is 3.68. The Morgan fingerprint density at radius 1 is 1.27 bits per heavy atom. The van der Waals surface area contributed by atoms with Gasteiger partial charge in [-0.05, 0) is 43.8 Å². The number of ketones is 1. The Bertz CT molecular complexity index is 797. The monoisotopic (exact) mass is 371 g/mol. The summed E-state index contributed by atoms with van der Waals surface area (Å²) in [6.07, 6.45) is 7.66. The zero-order chi connectivity index (χ0) is 17.9. The largest absolute Gasteiger partial charge is 0.454 e. The van der Waals surface area contributed by atoms with Crippen LogP contribution in [0.2, 0.25) is 0 Å². The lowest BCUT2D eigenvalue weighted by molar-refractivity contribution is 0.0811. The molecular weight excluding hydrogens is 350 g/mol. The number of nitrogens with zero attached hydrogens (tertiary/aromatic N) is 3. The second-order valence-corrected chi connectivity index (χ2v) is 7.36. The van der Waals surface area contributed by atoms with Crippen LogP contribution in [-0.2, 0) is 6.54 Å². The first-order chi connectivity index (χ1) is 12.7. The maximum atomic E-state index is 12.9. The number of aromatic nitrogens is 2. The zero-order valence-electron chi connectivity index (χ0n) is 14.7. The standard InChI is InChI=1S/C19H21N3O3S/c1-26-19-20-8-13(9-21-19)10-22-6-2-3-15(11-22)18(23)14-4-5-16-17(7-14)25-12-24-16/h4-5,7-9,15H,2-3,6,10-12H2,1H3. The number of rotatable bonds is 5. The fourth-order valence-corrected chi connectivity index (χ4v) is 3.80. The van der Waals surface area contributed by atoms with Gasteiger partial charge in [0.1, 0.15) is 0 Å². The molecule has 136 valence electrons. The lowest BCUT2D eigenvalue weighted by Crippen LogP contribution is -2.38. The summed E-state index contributed by atoms with van der Waals surface area (Å²) in [4.78, 5) is 23.9. The summed E-state index contributed by atoms with van der Waals surface area (Å²) in [5.74, 6) is 1.56. The molecule has 1 saturated heterocycles. The molecule has 3 heterocycles. The summed E-state index contributed by atoms with van der Waals surface area (Å²) >= 11 is 1.53. The molecule has 0 N–H and O–H groups in total. The number of benzene rings is 1. The summed E-state index contributed by atoms with van der Waals surface area (Å²) in [5, 5.41) is 0.781. The Kier molecular flexibility index (Phi) is 5.08. The number of Topliss-reactive ketones (excluding diaryl/α,β-unsaturated/α-hetero) is 1. The van der Waals surface area contributed by atoms with E-state index < -0.39 is 0 Å².